The van der Waals surface area contributed by atoms with Gasteiger partial charge in [0.05, 0.1) is 18.6 Å². The van der Waals surface area contributed by atoms with E-state index in [0.29, 0.717) is 17.8 Å². The Balaban J connectivity index is 1.64. The first-order valence-corrected chi connectivity index (χ1v) is 8.90. The van der Waals surface area contributed by atoms with Gasteiger partial charge in [0, 0.05) is 24.3 Å². The van der Waals surface area contributed by atoms with Crippen molar-refractivity contribution < 1.29 is 19.1 Å². The molecule has 1 N–H and O–H groups in total. The van der Waals surface area contributed by atoms with E-state index in [-0.39, 0.29) is 18.2 Å². The van der Waals surface area contributed by atoms with Gasteiger partial charge in [-0.1, -0.05) is 19.1 Å². The quantitative estimate of drug-likeness (QED) is 0.826. The molecule has 0 bridgehead atoms. The van der Waals surface area contributed by atoms with Crippen LogP contribution >= 0.6 is 0 Å². The van der Waals surface area contributed by atoms with Crippen LogP contribution in [0, 0.1) is 5.92 Å². The molecule has 0 aromatic heterocycles. The molecular weight excluding hydrogens is 344 g/mol. The first-order chi connectivity index (χ1) is 13.0. The van der Waals surface area contributed by atoms with Crippen molar-refractivity contribution in [1.82, 2.24) is 0 Å². The van der Waals surface area contributed by atoms with E-state index in [9.17, 15) is 14.4 Å². The topological polar surface area (TPSA) is 75.7 Å². The van der Waals surface area contributed by atoms with Crippen molar-refractivity contribution in [1.29, 1.82) is 0 Å². The number of aryl methyl sites for hydroxylation is 1. The van der Waals surface area contributed by atoms with E-state index < -0.39 is 11.9 Å². The van der Waals surface area contributed by atoms with Gasteiger partial charge in [-0.3, -0.25) is 9.59 Å². The molecule has 0 spiro atoms. The lowest BCUT2D eigenvalue weighted by Gasteiger charge is -2.17. The van der Waals surface area contributed by atoms with Crippen LogP contribution in [0.5, 0.6) is 0 Å². The third-order valence-electron chi connectivity index (χ3n) is 4.73. The van der Waals surface area contributed by atoms with Crippen LogP contribution in [0.2, 0.25) is 0 Å². The molecule has 1 heterocycles. The fraction of sp³-hybridized carbons (Fsp3) is 0.286. The second kappa shape index (κ2) is 8.03. The Hall–Kier alpha value is -3.15. The molecular formula is C21H22N2O4. The summed E-state index contributed by atoms with van der Waals surface area (Å²) in [6.45, 7) is 2.44. The zero-order valence-corrected chi connectivity index (χ0v) is 15.4. The highest BCUT2D eigenvalue weighted by molar-refractivity contribution is 6.03. The molecule has 6 nitrogen and oxygen atoms in total. The van der Waals surface area contributed by atoms with Gasteiger partial charge in [0.25, 0.3) is 0 Å². The van der Waals surface area contributed by atoms with Gasteiger partial charge in [-0.2, -0.15) is 0 Å². The Bertz CT molecular complexity index is 843. The standard InChI is InChI=1S/C21H22N2O4/c1-3-14-4-10-18(11-5-14)23-13-16(12-19(23)24)20(25)22-17-8-6-15(7-9-17)21(26)27-2/h4-11,16H,3,12-13H2,1-2H3,(H,22,25). The van der Waals surface area contributed by atoms with Gasteiger partial charge in [0.2, 0.25) is 11.8 Å². The lowest BCUT2D eigenvalue weighted by atomic mass is 10.1. The number of hydrogen-bond acceptors (Lipinski definition) is 4. The number of ether oxygens (including phenoxy) is 1. The van der Waals surface area contributed by atoms with Crippen molar-refractivity contribution in [2.24, 2.45) is 5.92 Å². The zero-order valence-electron chi connectivity index (χ0n) is 15.4. The van der Waals surface area contributed by atoms with Crippen molar-refractivity contribution in [2.75, 3.05) is 23.9 Å². The Labute approximate surface area is 158 Å². The van der Waals surface area contributed by atoms with Crippen molar-refractivity contribution in [3.05, 3.63) is 59.7 Å². The Morgan fingerprint density at radius 2 is 1.78 bits per heavy atom. The van der Waals surface area contributed by atoms with Gasteiger partial charge >= 0.3 is 5.97 Å². The van der Waals surface area contributed by atoms with Crippen molar-refractivity contribution >= 4 is 29.2 Å². The van der Waals surface area contributed by atoms with Crippen molar-refractivity contribution in [2.45, 2.75) is 19.8 Å². The molecule has 3 rings (SSSR count). The number of hydrogen-bond donors (Lipinski definition) is 1. The molecule has 0 saturated carbocycles. The van der Waals surface area contributed by atoms with Crippen LogP contribution in [0.1, 0.15) is 29.3 Å². The molecule has 2 aromatic rings. The summed E-state index contributed by atoms with van der Waals surface area (Å²) in [6, 6.07) is 14.3. The largest absolute Gasteiger partial charge is 0.465 e. The van der Waals surface area contributed by atoms with Crippen molar-refractivity contribution in [3.8, 4) is 0 Å². The number of benzene rings is 2. The van der Waals surface area contributed by atoms with E-state index in [0.717, 1.165) is 12.1 Å². The summed E-state index contributed by atoms with van der Waals surface area (Å²) >= 11 is 0. The van der Waals surface area contributed by atoms with Crippen LogP contribution in [0.25, 0.3) is 0 Å². The molecule has 1 aliphatic heterocycles. The first-order valence-electron chi connectivity index (χ1n) is 8.90. The summed E-state index contributed by atoms with van der Waals surface area (Å²) in [5.41, 5.74) is 3.00. The number of carbonyl (C=O) groups excluding carboxylic acids is 3. The number of nitrogens with zero attached hydrogens (tertiary/aromatic N) is 1. The van der Waals surface area contributed by atoms with E-state index >= 15 is 0 Å². The minimum atomic E-state index is -0.431. The second-order valence-corrected chi connectivity index (χ2v) is 6.48. The number of rotatable bonds is 5. The molecule has 1 atom stereocenters. The van der Waals surface area contributed by atoms with Crippen LogP contribution in [-0.2, 0) is 20.7 Å². The summed E-state index contributed by atoms with van der Waals surface area (Å²) in [5, 5.41) is 2.81. The predicted octanol–water partition coefficient (Wildman–Crippen LogP) is 3.03. The summed E-state index contributed by atoms with van der Waals surface area (Å²) in [6.07, 6.45) is 1.12. The monoisotopic (exact) mass is 366 g/mol. The zero-order chi connectivity index (χ0) is 19.4. The normalized spacial score (nSPS) is 16.3. The Morgan fingerprint density at radius 1 is 1.11 bits per heavy atom. The summed E-state index contributed by atoms with van der Waals surface area (Å²) in [4.78, 5) is 38.0. The van der Waals surface area contributed by atoms with Crippen molar-refractivity contribution in [3.63, 3.8) is 0 Å². The molecule has 1 aliphatic rings. The van der Waals surface area contributed by atoms with Crippen LogP contribution in [0.3, 0.4) is 0 Å². The number of amides is 2. The Morgan fingerprint density at radius 3 is 2.37 bits per heavy atom. The average Bonchev–Trinajstić information content (AvgIpc) is 3.10. The maximum atomic E-state index is 12.5. The number of methoxy groups -OCH3 is 1. The van der Waals surface area contributed by atoms with E-state index in [1.165, 1.54) is 12.7 Å². The lowest BCUT2D eigenvalue weighted by molar-refractivity contribution is -0.122. The lowest BCUT2D eigenvalue weighted by Crippen LogP contribution is -2.28. The fourth-order valence-electron chi connectivity index (χ4n) is 3.10. The van der Waals surface area contributed by atoms with E-state index in [1.54, 1.807) is 29.2 Å². The molecule has 0 aliphatic carbocycles. The summed E-state index contributed by atoms with van der Waals surface area (Å²) in [7, 11) is 1.32. The highest BCUT2D eigenvalue weighted by atomic mass is 16.5. The molecule has 27 heavy (non-hydrogen) atoms. The van der Waals surface area contributed by atoms with Gasteiger partial charge in [0.1, 0.15) is 0 Å². The smallest absolute Gasteiger partial charge is 0.337 e. The maximum Gasteiger partial charge on any atom is 0.337 e. The molecule has 1 unspecified atom stereocenters. The predicted molar refractivity (Wildman–Crippen MR) is 103 cm³/mol. The van der Waals surface area contributed by atoms with E-state index in [4.69, 9.17) is 0 Å². The molecule has 1 fully saturated rings. The molecule has 0 radical (unpaired) electrons. The maximum absolute atomic E-state index is 12.5. The highest BCUT2D eigenvalue weighted by Crippen LogP contribution is 2.26. The van der Waals surface area contributed by atoms with Crippen LogP contribution < -0.4 is 10.2 Å². The average molecular weight is 366 g/mol. The number of carbonyl (C=O) groups is 3. The van der Waals surface area contributed by atoms with Crippen LogP contribution in [-0.4, -0.2) is 31.4 Å². The molecule has 2 aromatic carbocycles. The molecule has 2 amide bonds. The van der Waals surface area contributed by atoms with Crippen LogP contribution in [0.4, 0.5) is 11.4 Å². The number of nitrogens with one attached hydrogen (secondary N) is 1. The van der Waals surface area contributed by atoms with Gasteiger partial charge in [0.15, 0.2) is 0 Å². The molecule has 1 saturated heterocycles. The minimum Gasteiger partial charge on any atom is -0.465 e. The van der Waals surface area contributed by atoms with Gasteiger partial charge < -0.3 is 15.0 Å². The number of anilines is 2. The third-order valence-corrected chi connectivity index (χ3v) is 4.73. The number of esters is 1. The van der Waals surface area contributed by atoms with Crippen LogP contribution in [0.15, 0.2) is 48.5 Å². The third kappa shape index (κ3) is 4.16. The first kappa shape index (κ1) is 18.6. The Kier molecular flexibility index (Phi) is 5.54. The van der Waals surface area contributed by atoms with Gasteiger partial charge in [-0.05, 0) is 48.4 Å². The van der Waals surface area contributed by atoms with Gasteiger partial charge in [-0.15, -0.1) is 0 Å². The second-order valence-electron chi connectivity index (χ2n) is 6.48. The fourth-order valence-corrected chi connectivity index (χ4v) is 3.10. The minimum absolute atomic E-state index is 0.0552. The molecule has 6 heteroatoms. The molecule has 140 valence electrons. The highest BCUT2D eigenvalue weighted by Gasteiger charge is 2.35. The van der Waals surface area contributed by atoms with E-state index in [2.05, 4.69) is 17.0 Å². The van der Waals surface area contributed by atoms with E-state index in [1.807, 2.05) is 24.3 Å². The van der Waals surface area contributed by atoms with Gasteiger partial charge in [-0.25, -0.2) is 4.79 Å². The summed E-state index contributed by atoms with van der Waals surface area (Å²) in [5.74, 6) is -1.11. The summed E-state index contributed by atoms with van der Waals surface area (Å²) < 4.78 is 4.65. The SMILES string of the molecule is CCc1ccc(N2CC(C(=O)Nc3ccc(C(=O)OC)cc3)CC2=O)cc1.